The van der Waals surface area contributed by atoms with Crippen LogP contribution in [0.15, 0.2) is 69.6 Å². The summed E-state index contributed by atoms with van der Waals surface area (Å²) in [5.74, 6) is 2.83. The number of ether oxygens (including phenoxy) is 3. The van der Waals surface area contributed by atoms with E-state index in [0.717, 1.165) is 36.1 Å². The molecule has 0 amide bonds. The molecule has 2 heterocycles. The maximum atomic E-state index is 13.5. The van der Waals surface area contributed by atoms with Crippen LogP contribution >= 0.6 is 31.9 Å². The molecule has 1 aliphatic carbocycles. The van der Waals surface area contributed by atoms with Gasteiger partial charge in [0.25, 0.3) is 0 Å². The van der Waals surface area contributed by atoms with Crippen LogP contribution in [0.3, 0.4) is 0 Å². The lowest BCUT2D eigenvalue weighted by atomic mass is 10.0. The predicted molar refractivity (Wildman–Crippen MR) is 222 cm³/mol. The SMILES string of the molecule is COCCn1c(-c2ccc(C(C)C)cc2)nc2c(Br)c(C(F)(F)F)cc(OC)c21.COc1cc(C(F)(F)F)c(Br)c2nc(-c3ccc(C(C)C)cc3)n(CC3CC3)c12. The first-order chi connectivity index (χ1) is 27.4. The van der Waals surface area contributed by atoms with Crippen LogP contribution in [0, 0.1) is 5.92 Å². The Kier molecular flexibility index (Phi) is 12.9. The second kappa shape index (κ2) is 17.3. The zero-order valence-electron chi connectivity index (χ0n) is 33.1. The van der Waals surface area contributed by atoms with E-state index in [1.807, 2.05) is 57.7 Å². The largest absolute Gasteiger partial charge is 0.494 e. The van der Waals surface area contributed by atoms with E-state index in [0.29, 0.717) is 60.1 Å². The maximum Gasteiger partial charge on any atom is 0.417 e. The minimum Gasteiger partial charge on any atom is -0.494 e. The summed E-state index contributed by atoms with van der Waals surface area (Å²) in [7, 11) is 4.33. The van der Waals surface area contributed by atoms with Crippen molar-refractivity contribution in [1.82, 2.24) is 19.1 Å². The summed E-state index contributed by atoms with van der Waals surface area (Å²) in [5.41, 5.74) is 4.05. The predicted octanol–water partition coefficient (Wildman–Crippen LogP) is 13.3. The van der Waals surface area contributed by atoms with Gasteiger partial charge in [-0.3, -0.25) is 0 Å². The number of benzene rings is 4. The average molecular weight is 939 g/mol. The van der Waals surface area contributed by atoms with E-state index >= 15 is 0 Å². The summed E-state index contributed by atoms with van der Waals surface area (Å²) >= 11 is 6.28. The van der Waals surface area contributed by atoms with Crippen LogP contribution in [0.4, 0.5) is 26.3 Å². The molecule has 7 nitrogen and oxygen atoms in total. The lowest BCUT2D eigenvalue weighted by Gasteiger charge is -2.14. The fourth-order valence-corrected chi connectivity index (χ4v) is 8.06. The average Bonchev–Trinajstić information content (AvgIpc) is 3.80. The molecule has 0 spiro atoms. The number of methoxy groups -OCH3 is 3. The maximum absolute atomic E-state index is 13.5. The third kappa shape index (κ3) is 8.91. The van der Waals surface area contributed by atoms with Gasteiger partial charge in [0.05, 0.1) is 40.9 Å². The highest BCUT2D eigenvalue weighted by Gasteiger charge is 2.38. The number of hydrogen-bond acceptors (Lipinski definition) is 5. The van der Waals surface area contributed by atoms with Crippen molar-refractivity contribution in [2.75, 3.05) is 27.9 Å². The van der Waals surface area contributed by atoms with E-state index in [9.17, 15) is 26.3 Å². The van der Waals surface area contributed by atoms with Crippen LogP contribution < -0.4 is 9.47 Å². The van der Waals surface area contributed by atoms with Gasteiger partial charge in [-0.2, -0.15) is 26.3 Å². The Bertz CT molecular complexity index is 2400. The third-order valence-corrected chi connectivity index (χ3v) is 11.8. The fraction of sp³-hybridized carbons (Fsp3) is 0.395. The Morgan fingerprint density at radius 2 is 1.05 bits per heavy atom. The number of aromatic nitrogens is 4. The Morgan fingerprint density at radius 3 is 1.40 bits per heavy atom. The molecule has 2 aromatic heterocycles. The van der Waals surface area contributed by atoms with Gasteiger partial charge < -0.3 is 23.3 Å². The van der Waals surface area contributed by atoms with Gasteiger partial charge in [-0.25, -0.2) is 9.97 Å². The van der Waals surface area contributed by atoms with Gasteiger partial charge in [-0.15, -0.1) is 0 Å². The number of fused-ring (bicyclic) bond motifs is 2. The molecule has 0 saturated heterocycles. The fourth-order valence-electron chi connectivity index (χ4n) is 6.83. The van der Waals surface area contributed by atoms with Crippen molar-refractivity contribution in [3.63, 3.8) is 0 Å². The molecule has 0 bridgehead atoms. The quantitative estimate of drug-likeness (QED) is 0.121. The third-order valence-electron chi connectivity index (χ3n) is 10.2. The van der Waals surface area contributed by atoms with Gasteiger partial charge >= 0.3 is 12.4 Å². The topological polar surface area (TPSA) is 63.3 Å². The van der Waals surface area contributed by atoms with Crippen molar-refractivity contribution in [3.8, 4) is 34.3 Å². The molecule has 15 heteroatoms. The summed E-state index contributed by atoms with van der Waals surface area (Å²) in [4.78, 5) is 9.23. The first-order valence-corrected chi connectivity index (χ1v) is 20.3. The Balaban J connectivity index is 0.000000196. The number of nitrogens with zero attached hydrogens (tertiary/aromatic N) is 4. The molecule has 0 unspecified atom stereocenters. The molecular formula is C43H44Br2F6N4O3. The second-order valence-corrected chi connectivity index (χ2v) is 16.5. The number of hydrogen-bond donors (Lipinski definition) is 0. The Labute approximate surface area is 350 Å². The normalized spacial score (nSPS) is 13.5. The first-order valence-electron chi connectivity index (χ1n) is 18.8. The zero-order valence-corrected chi connectivity index (χ0v) is 36.3. The van der Waals surface area contributed by atoms with Crippen LogP contribution in [0.1, 0.15) is 74.6 Å². The highest BCUT2D eigenvalue weighted by Crippen LogP contribution is 2.46. The van der Waals surface area contributed by atoms with E-state index in [-0.39, 0.29) is 31.5 Å². The highest BCUT2D eigenvalue weighted by atomic mass is 79.9. The van der Waals surface area contributed by atoms with Gasteiger partial charge in [-0.1, -0.05) is 76.2 Å². The molecule has 0 aliphatic heterocycles. The standard InChI is InChI=1S/C22H22BrF3N2O.C21H22BrF3N2O2/c1-12(2)14-6-8-15(9-7-14)21-27-19-18(23)16(22(24,25)26)10-17(29-3)20(19)28(21)11-13-4-5-13;1-12(2)13-5-7-14(8-6-13)20-26-18-17(22)15(21(23,24)25)11-16(29-4)19(18)27(20)9-10-28-3/h6-10,12-13H,4-5,11H2,1-3H3;5-8,11-12H,9-10H2,1-4H3. The lowest BCUT2D eigenvalue weighted by Crippen LogP contribution is -2.09. The van der Waals surface area contributed by atoms with E-state index in [2.05, 4.69) is 69.5 Å². The van der Waals surface area contributed by atoms with Crippen LogP contribution in [0.25, 0.3) is 44.8 Å². The molecule has 0 atom stereocenters. The molecule has 0 N–H and O–H groups in total. The molecule has 310 valence electrons. The highest BCUT2D eigenvalue weighted by molar-refractivity contribution is 9.11. The van der Waals surface area contributed by atoms with E-state index in [4.69, 9.17) is 14.2 Å². The molecule has 4 aromatic carbocycles. The summed E-state index contributed by atoms with van der Waals surface area (Å²) in [5, 5.41) is 0. The second-order valence-electron chi connectivity index (χ2n) is 14.9. The van der Waals surface area contributed by atoms with Crippen LogP contribution in [-0.2, 0) is 30.2 Å². The van der Waals surface area contributed by atoms with Crippen molar-refractivity contribution in [2.24, 2.45) is 5.92 Å². The van der Waals surface area contributed by atoms with Gasteiger partial charge in [0.15, 0.2) is 0 Å². The lowest BCUT2D eigenvalue weighted by molar-refractivity contribution is -0.139. The van der Waals surface area contributed by atoms with Crippen molar-refractivity contribution in [2.45, 2.75) is 77.8 Å². The summed E-state index contributed by atoms with van der Waals surface area (Å²) in [6.45, 7) is 9.96. The molecule has 0 radical (unpaired) electrons. The molecule has 7 rings (SSSR count). The molecule has 1 fully saturated rings. The smallest absolute Gasteiger partial charge is 0.417 e. The Hall–Kier alpha value is -4.08. The number of alkyl halides is 6. The number of halogens is 8. The van der Waals surface area contributed by atoms with Gasteiger partial charge in [0.1, 0.15) is 45.2 Å². The molecular weight excluding hydrogens is 894 g/mol. The van der Waals surface area contributed by atoms with Crippen molar-refractivity contribution in [1.29, 1.82) is 0 Å². The van der Waals surface area contributed by atoms with Gasteiger partial charge in [0.2, 0.25) is 0 Å². The van der Waals surface area contributed by atoms with Crippen molar-refractivity contribution >= 4 is 53.9 Å². The van der Waals surface area contributed by atoms with Crippen molar-refractivity contribution < 1.29 is 40.6 Å². The van der Waals surface area contributed by atoms with Crippen LogP contribution in [0.5, 0.6) is 11.5 Å². The summed E-state index contributed by atoms with van der Waals surface area (Å²) in [6, 6.07) is 18.0. The van der Waals surface area contributed by atoms with Crippen LogP contribution in [0.2, 0.25) is 0 Å². The van der Waals surface area contributed by atoms with E-state index in [1.54, 1.807) is 7.11 Å². The minimum absolute atomic E-state index is 0.0459. The zero-order chi connectivity index (χ0) is 42.3. The number of rotatable bonds is 11. The first kappa shape index (κ1) is 43.5. The monoisotopic (exact) mass is 936 g/mol. The number of imidazole rings is 2. The van der Waals surface area contributed by atoms with Crippen molar-refractivity contribution in [3.05, 3.63) is 91.9 Å². The summed E-state index contributed by atoms with van der Waals surface area (Å²) in [6.07, 6.45) is -6.79. The van der Waals surface area contributed by atoms with E-state index in [1.165, 1.54) is 25.3 Å². The van der Waals surface area contributed by atoms with Gasteiger partial charge in [-0.05, 0) is 85.7 Å². The molecule has 6 aromatic rings. The van der Waals surface area contributed by atoms with E-state index < -0.39 is 23.5 Å². The Morgan fingerprint density at radius 1 is 0.655 bits per heavy atom. The molecule has 58 heavy (non-hydrogen) atoms. The van der Waals surface area contributed by atoms with Gasteiger partial charge in [0, 0.05) is 31.3 Å². The van der Waals surface area contributed by atoms with Crippen LogP contribution in [-0.4, -0.2) is 47.0 Å². The summed E-state index contributed by atoms with van der Waals surface area (Å²) < 4.78 is 101. The molecule has 1 aliphatic rings. The minimum atomic E-state index is -4.53. The molecule has 1 saturated carbocycles.